The summed E-state index contributed by atoms with van der Waals surface area (Å²) in [5, 5.41) is 0. The molecule has 1 aliphatic heterocycles. The molecular weight excluding hydrogens is 383 g/mol. The highest BCUT2D eigenvalue weighted by molar-refractivity contribution is 5.79. The van der Waals surface area contributed by atoms with Gasteiger partial charge in [0.05, 0.1) is 35.8 Å². The molecule has 5 nitrogen and oxygen atoms in total. The molecule has 150 valence electrons. The minimum atomic E-state index is -4.42. The van der Waals surface area contributed by atoms with Crippen LogP contribution in [0.4, 0.5) is 13.2 Å². The highest BCUT2D eigenvalue weighted by atomic mass is 19.4. The summed E-state index contributed by atoms with van der Waals surface area (Å²) in [4.78, 5) is 22.8. The number of hydrogen-bond donors (Lipinski definition) is 0. The van der Waals surface area contributed by atoms with Crippen LogP contribution < -0.4 is 4.74 Å². The summed E-state index contributed by atoms with van der Waals surface area (Å²) in [7, 11) is 0. The third-order valence-corrected chi connectivity index (χ3v) is 4.82. The first kappa shape index (κ1) is 19.2. The van der Waals surface area contributed by atoms with Crippen molar-refractivity contribution in [3.05, 3.63) is 65.9 Å². The molecule has 1 amide bonds. The van der Waals surface area contributed by atoms with Gasteiger partial charge in [-0.1, -0.05) is 30.3 Å². The number of carbonyl (C=O) groups excluding carboxylic acids is 1. The summed E-state index contributed by atoms with van der Waals surface area (Å²) >= 11 is 0. The Balaban J connectivity index is 1.37. The second-order valence-corrected chi connectivity index (χ2v) is 6.94. The van der Waals surface area contributed by atoms with Gasteiger partial charge in [0.2, 0.25) is 11.8 Å². The number of likely N-dealkylation sites (tertiary alicyclic amines) is 1. The van der Waals surface area contributed by atoms with Gasteiger partial charge in [-0.15, -0.1) is 0 Å². The Morgan fingerprint density at radius 3 is 2.72 bits per heavy atom. The van der Waals surface area contributed by atoms with Crippen LogP contribution in [0.3, 0.4) is 0 Å². The number of carbonyl (C=O) groups is 1. The molecule has 1 atom stereocenters. The molecule has 29 heavy (non-hydrogen) atoms. The number of nitrogens with zero attached hydrogens (tertiary/aromatic N) is 3. The maximum absolute atomic E-state index is 12.8. The third-order valence-electron chi connectivity index (χ3n) is 4.82. The van der Waals surface area contributed by atoms with Gasteiger partial charge in [0.25, 0.3) is 0 Å². The Hall–Kier alpha value is -3.16. The molecule has 1 saturated heterocycles. The monoisotopic (exact) mass is 401 g/mol. The van der Waals surface area contributed by atoms with Crippen LogP contribution in [-0.4, -0.2) is 40.0 Å². The normalized spacial score (nSPS) is 16.9. The van der Waals surface area contributed by atoms with Gasteiger partial charge in [-0.3, -0.25) is 4.79 Å². The van der Waals surface area contributed by atoms with E-state index in [1.165, 1.54) is 12.1 Å². The lowest BCUT2D eigenvalue weighted by Gasteiger charge is -2.17. The van der Waals surface area contributed by atoms with Crippen molar-refractivity contribution >= 4 is 16.9 Å². The van der Waals surface area contributed by atoms with Crippen molar-refractivity contribution in [3.8, 4) is 5.88 Å². The highest BCUT2D eigenvalue weighted by Crippen LogP contribution is 2.29. The van der Waals surface area contributed by atoms with Crippen LogP contribution in [-0.2, 0) is 17.4 Å². The van der Waals surface area contributed by atoms with Gasteiger partial charge < -0.3 is 9.64 Å². The first-order valence-corrected chi connectivity index (χ1v) is 9.21. The molecule has 2 aromatic carbocycles. The zero-order valence-electron chi connectivity index (χ0n) is 15.4. The van der Waals surface area contributed by atoms with Gasteiger partial charge in [-0.05, 0) is 23.8 Å². The number of fused-ring (bicyclic) bond motifs is 1. The van der Waals surface area contributed by atoms with Crippen molar-refractivity contribution in [3.63, 3.8) is 0 Å². The number of aromatic nitrogens is 2. The molecule has 8 heteroatoms. The summed E-state index contributed by atoms with van der Waals surface area (Å²) in [5.41, 5.74) is 1.08. The smallest absolute Gasteiger partial charge is 0.416 e. The molecule has 0 N–H and O–H groups in total. The Morgan fingerprint density at radius 2 is 1.93 bits per heavy atom. The van der Waals surface area contributed by atoms with Crippen LogP contribution in [0.1, 0.15) is 17.5 Å². The van der Waals surface area contributed by atoms with Crippen molar-refractivity contribution in [1.82, 2.24) is 14.9 Å². The van der Waals surface area contributed by atoms with Crippen molar-refractivity contribution in [2.45, 2.75) is 25.1 Å². The van der Waals surface area contributed by atoms with Crippen LogP contribution in [0.25, 0.3) is 11.0 Å². The predicted octanol–water partition coefficient (Wildman–Crippen LogP) is 3.87. The first-order valence-electron chi connectivity index (χ1n) is 9.21. The van der Waals surface area contributed by atoms with Gasteiger partial charge in [0.1, 0.15) is 6.10 Å². The van der Waals surface area contributed by atoms with Crippen molar-refractivity contribution in [2.75, 3.05) is 13.1 Å². The van der Waals surface area contributed by atoms with E-state index >= 15 is 0 Å². The SMILES string of the molecule is O=C(Cc1cccc(C(F)(F)F)c1)N1CCC(Oc2cnc3ccccc3n2)C1. The molecule has 1 aromatic heterocycles. The van der Waals surface area contributed by atoms with E-state index in [-0.39, 0.29) is 18.4 Å². The van der Waals surface area contributed by atoms with Crippen LogP contribution in [0.5, 0.6) is 5.88 Å². The molecule has 4 rings (SSSR count). The average Bonchev–Trinajstić information content (AvgIpc) is 3.16. The Labute approximate surface area is 165 Å². The Bertz CT molecular complexity index is 1040. The lowest BCUT2D eigenvalue weighted by molar-refractivity contribution is -0.138. The Kier molecular flexibility index (Phi) is 5.08. The fraction of sp³-hybridized carbons (Fsp3) is 0.286. The predicted molar refractivity (Wildman–Crippen MR) is 100 cm³/mol. The summed E-state index contributed by atoms with van der Waals surface area (Å²) < 4.78 is 44.4. The topological polar surface area (TPSA) is 55.3 Å². The van der Waals surface area contributed by atoms with E-state index in [4.69, 9.17) is 4.74 Å². The fourth-order valence-corrected chi connectivity index (χ4v) is 3.36. The first-order chi connectivity index (χ1) is 13.9. The van der Waals surface area contributed by atoms with E-state index in [1.54, 1.807) is 11.1 Å². The largest absolute Gasteiger partial charge is 0.471 e. The number of halogens is 3. The number of hydrogen-bond acceptors (Lipinski definition) is 4. The van der Waals surface area contributed by atoms with E-state index in [0.29, 0.717) is 31.0 Å². The molecule has 2 heterocycles. The minimum absolute atomic E-state index is 0.0770. The van der Waals surface area contributed by atoms with Gasteiger partial charge >= 0.3 is 6.18 Å². The number of benzene rings is 2. The molecule has 0 saturated carbocycles. The number of alkyl halides is 3. The summed E-state index contributed by atoms with van der Waals surface area (Å²) in [6, 6.07) is 12.3. The standard InChI is InChI=1S/C21H18F3N3O2/c22-21(23,24)15-5-3-4-14(10-15)11-20(28)27-9-8-16(13-27)29-19-12-25-17-6-1-2-7-18(17)26-19/h1-7,10,12,16H,8-9,11,13H2. The summed E-state index contributed by atoms with van der Waals surface area (Å²) in [5.74, 6) is 0.167. The fourth-order valence-electron chi connectivity index (χ4n) is 3.36. The molecule has 0 aliphatic carbocycles. The maximum Gasteiger partial charge on any atom is 0.416 e. The third kappa shape index (κ3) is 4.47. The Morgan fingerprint density at radius 1 is 1.14 bits per heavy atom. The quantitative estimate of drug-likeness (QED) is 0.666. The van der Waals surface area contributed by atoms with Crippen molar-refractivity contribution in [1.29, 1.82) is 0 Å². The molecule has 1 aliphatic rings. The van der Waals surface area contributed by atoms with E-state index in [0.717, 1.165) is 23.2 Å². The van der Waals surface area contributed by atoms with Crippen LogP contribution >= 0.6 is 0 Å². The molecule has 0 bridgehead atoms. The number of para-hydroxylation sites is 2. The minimum Gasteiger partial charge on any atom is -0.471 e. The van der Waals surface area contributed by atoms with Gasteiger partial charge in [-0.2, -0.15) is 13.2 Å². The number of amides is 1. The van der Waals surface area contributed by atoms with E-state index in [1.807, 2.05) is 24.3 Å². The molecule has 3 aromatic rings. The average molecular weight is 401 g/mol. The van der Waals surface area contributed by atoms with Crippen molar-refractivity contribution in [2.24, 2.45) is 0 Å². The number of ether oxygens (including phenoxy) is 1. The number of rotatable bonds is 4. The van der Waals surface area contributed by atoms with Gasteiger partial charge in [-0.25, -0.2) is 9.97 Å². The zero-order chi connectivity index (χ0) is 20.4. The second kappa shape index (κ2) is 7.69. The molecular formula is C21H18F3N3O2. The molecule has 0 radical (unpaired) electrons. The molecule has 1 fully saturated rings. The van der Waals surface area contributed by atoms with E-state index in [2.05, 4.69) is 9.97 Å². The maximum atomic E-state index is 12.8. The summed E-state index contributed by atoms with van der Waals surface area (Å²) in [6.07, 6.45) is -2.55. The summed E-state index contributed by atoms with van der Waals surface area (Å²) in [6.45, 7) is 0.857. The van der Waals surface area contributed by atoms with Crippen LogP contribution in [0.15, 0.2) is 54.7 Å². The van der Waals surface area contributed by atoms with Gasteiger partial charge in [0.15, 0.2) is 0 Å². The van der Waals surface area contributed by atoms with Gasteiger partial charge in [0, 0.05) is 13.0 Å². The molecule has 0 spiro atoms. The van der Waals surface area contributed by atoms with Crippen LogP contribution in [0.2, 0.25) is 0 Å². The lowest BCUT2D eigenvalue weighted by atomic mass is 10.1. The van der Waals surface area contributed by atoms with E-state index < -0.39 is 11.7 Å². The zero-order valence-corrected chi connectivity index (χ0v) is 15.4. The molecule has 1 unspecified atom stereocenters. The van der Waals surface area contributed by atoms with Crippen LogP contribution in [0, 0.1) is 0 Å². The van der Waals surface area contributed by atoms with E-state index in [9.17, 15) is 18.0 Å². The second-order valence-electron chi connectivity index (χ2n) is 6.94. The lowest BCUT2D eigenvalue weighted by Crippen LogP contribution is -2.32. The van der Waals surface area contributed by atoms with Crippen molar-refractivity contribution < 1.29 is 22.7 Å². The highest BCUT2D eigenvalue weighted by Gasteiger charge is 2.31.